The van der Waals surface area contributed by atoms with Crippen LogP contribution >= 0.6 is 0 Å². The van der Waals surface area contributed by atoms with Crippen molar-refractivity contribution in [2.45, 2.75) is 12.8 Å². The van der Waals surface area contributed by atoms with Crippen molar-refractivity contribution in [2.75, 3.05) is 33.2 Å². The number of rotatable bonds is 6. The number of terminal acetylenes is 1. The van der Waals surface area contributed by atoms with Crippen LogP contribution in [0.15, 0.2) is 0 Å². The van der Waals surface area contributed by atoms with E-state index in [0.29, 0.717) is 0 Å². The number of nitrogens with one attached hydrogen (secondary N) is 1. The van der Waals surface area contributed by atoms with Crippen molar-refractivity contribution in [3.8, 4) is 12.3 Å². The van der Waals surface area contributed by atoms with Gasteiger partial charge in [-0.2, -0.15) is 0 Å². The second kappa shape index (κ2) is 5.18. The highest BCUT2D eigenvalue weighted by molar-refractivity contribution is 4.90. The van der Waals surface area contributed by atoms with E-state index in [2.05, 4.69) is 16.1 Å². The highest BCUT2D eigenvalue weighted by Crippen LogP contribution is 2.29. The fourth-order valence-corrected chi connectivity index (χ4v) is 1.30. The summed E-state index contributed by atoms with van der Waals surface area (Å²) in [7, 11) is 1.98. The lowest BCUT2D eigenvalue weighted by Gasteiger charge is -2.18. The zero-order valence-corrected chi connectivity index (χ0v) is 7.84. The predicted octanol–water partition coefficient (Wildman–Crippen LogP) is 0.551. The Hall–Kier alpha value is -0.520. The Kier molecular flexibility index (Phi) is 4.13. The minimum atomic E-state index is 0.804. The first-order chi connectivity index (χ1) is 5.86. The average Bonchev–Trinajstić information content (AvgIpc) is 2.84. The molecule has 0 aromatic rings. The molecular formula is C10H18N2. The minimum Gasteiger partial charge on any atom is -0.318 e. The molecule has 0 heterocycles. The van der Waals surface area contributed by atoms with Gasteiger partial charge in [0.2, 0.25) is 0 Å². The van der Waals surface area contributed by atoms with Gasteiger partial charge in [-0.1, -0.05) is 5.92 Å². The first-order valence-corrected chi connectivity index (χ1v) is 4.67. The van der Waals surface area contributed by atoms with Crippen LogP contribution in [0.3, 0.4) is 0 Å². The fraction of sp³-hybridized carbons (Fsp3) is 0.800. The van der Waals surface area contributed by atoms with Gasteiger partial charge < -0.3 is 5.32 Å². The van der Waals surface area contributed by atoms with Crippen LogP contribution < -0.4 is 5.32 Å². The smallest absolute Gasteiger partial charge is 0.0599 e. The van der Waals surface area contributed by atoms with Gasteiger partial charge in [-0.05, 0) is 25.8 Å². The van der Waals surface area contributed by atoms with E-state index in [4.69, 9.17) is 6.42 Å². The Labute approximate surface area is 75.3 Å². The molecule has 0 aromatic carbocycles. The van der Waals surface area contributed by atoms with E-state index in [1.165, 1.54) is 19.4 Å². The maximum Gasteiger partial charge on any atom is 0.0599 e. The third kappa shape index (κ3) is 3.75. The second-order valence-electron chi connectivity index (χ2n) is 3.49. The summed E-state index contributed by atoms with van der Waals surface area (Å²) in [6.45, 7) is 4.12. The van der Waals surface area contributed by atoms with E-state index in [1.54, 1.807) is 0 Å². The summed E-state index contributed by atoms with van der Waals surface area (Å²) in [5.74, 6) is 3.65. The molecule has 68 valence electrons. The summed E-state index contributed by atoms with van der Waals surface area (Å²) < 4.78 is 0. The monoisotopic (exact) mass is 166 g/mol. The summed E-state index contributed by atoms with van der Waals surface area (Å²) in [5.41, 5.74) is 0. The molecule has 1 saturated carbocycles. The molecule has 1 aliphatic carbocycles. The van der Waals surface area contributed by atoms with Crippen molar-refractivity contribution < 1.29 is 0 Å². The molecule has 0 spiro atoms. The highest BCUT2D eigenvalue weighted by atomic mass is 15.1. The topological polar surface area (TPSA) is 15.3 Å². The maximum absolute atomic E-state index is 5.29. The van der Waals surface area contributed by atoms with Gasteiger partial charge in [-0.25, -0.2) is 0 Å². The predicted molar refractivity (Wildman–Crippen MR) is 51.9 cm³/mol. The number of likely N-dealkylation sites (N-methyl/N-ethyl adjacent to an activating group) is 1. The van der Waals surface area contributed by atoms with Crippen molar-refractivity contribution in [1.29, 1.82) is 0 Å². The van der Waals surface area contributed by atoms with Crippen molar-refractivity contribution in [3.05, 3.63) is 0 Å². The Balaban J connectivity index is 2.12. The maximum atomic E-state index is 5.29. The standard InChI is InChI=1S/C10H18N2/c1-3-7-12(8-6-11-2)9-10-4-5-10/h1,10-11H,4-9H2,2H3. The Morgan fingerprint density at radius 3 is 2.83 bits per heavy atom. The highest BCUT2D eigenvalue weighted by Gasteiger charge is 2.23. The van der Waals surface area contributed by atoms with E-state index in [1.807, 2.05) is 7.05 Å². The summed E-state index contributed by atoms with van der Waals surface area (Å²) in [5, 5.41) is 3.14. The summed E-state index contributed by atoms with van der Waals surface area (Å²) in [6, 6.07) is 0. The second-order valence-corrected chi connectivity index (χ2v) is 3.49. The van der Waals surface area contributed by atoms with Crippen LogP contribution in [0.5, 0.6) is 0 Å². The van der Waals surface area contributed by atoms with Crippen LogP contribution in [0, 0.1) is 18.3 Å². The molecule has 1 fully saturated rings. The van der Waals surface area contributed by atoms with E-state index in [9.17, 15) is 0 Å². The quantitative estimate of drug-likeness (QED) is 0.580. The van der Waals surface area contributed by atoms with Gasteiger partial charge >= 0.3 is 0 Å². The molecule has 0 amide bonds. The van der Waals surface area contributed by atoms with Crippen molar-refractivity contribution in [1.82, 2.24) is 10.2 Å². The van der Waals surface area contributed by atoms with Crippen LogP contribution in [-0.4, -0.2) is 38.1 Å². The molecule has 2 heteroatoms. The van der Waals surface area contributed by atoms with Crippen LogP contribution in [0.4, 0.5) is 0 Å². The van der Waals surface area contributed by atoms with Gasteiger partial charge in [0.1, 0.15) is 0 Å². The van der Waals surface area contributed by atoms with E-state index >= 15 is 0 Å². The van der Waals surface area contributed by atoms with Crippen molar-refractivity contribution in [3.63, 3.8) is 0 Å². The molecule has 0 aliphatic heterocycles. The van der Waals surface area contributed by atoms with Gasteiger partial charge in [0.25, 0.3) is 0 Å². The lowest BCUT2D eigenvalue weighted by atomic mass is 10.3. The summed E-state index contributed by atoms with van der Waals surface area (Å²) in [6.07, 6.45) is 8.09. The Morgan fingerprint density at radius 2 is 2.33 bits per heavy atom. The van der Waals surface area contributed by atoms with Gasteiger partial charge in [-0.3, -0.25) is 4.90 Å². The van der Waals surface area contributed by atoms with Gasteiger partial charge in [0.15, 0.2) is 0 Å². The average molecular weight is 166 g/mol. The van der Waals surface area contributed by atoms with Crippen LogP contribution in [-0.2, 0) is 0 Å². The molecule has 2 nitrogen and oxygen atoms in total. The van der Waals surface area contributed by atoms with Crippen molar-refractivity contribution in [2.24, 2.45) is 5.92 Å². The van der Waals surface area contributed by atoms with Crippen LogP contribution in [0.25, 0.3) is 0 Å². The zero-order valence-electron chi connectivity index (χ0n) is 7.84. The number of nitrogens with zero attached hydrogens (tertiary/aromatic N) is 1. The third-order valence-electron chi connectivity index (χ3n) is 2.21. The SMILES string of the molecule is C#CCN(CCNC)CC1CC1. The van der Waals surface area contributed by atoms with Gasteiger partial charge in [0, 0.05) is 19.6 Å². The van der Waals surface area contributed by atoms with Gasteiger partial charge in [-0.15, -0.1) is 6.42 Å². The molecule has 0 aromatic heterocycles. The van der Waals surface area contributed by atoms with Crippen molar-refractivity contribution >= 4 is 0 Å². The molecule has 1 rings (SSSR count). The third-order valence-corrected chi connectivity index (χ3v) is 2.21. The van der Waals surface area contributed by atoms with E-state index < -0.39 is 0 Å². The Bertz CT molecular complexity index is 156. The summed E-state index contributed by atoms with van der Waals surface area (Å²) in [4.78, 5) is 2.36. The largest absolute Gasteiger partial charge is 0.318 e. The zero-order chi connectivity index (χ0) is 8.81. The lowest BCUT2D eigenvalue weighted by Crippen LogP contribution is -2.32. The van der Waals surface area contributed by atoms with Crippen LogP contribution in [0.2, 0.25) is 0 Å². The van der Waals surface area contributed by atoms with Gasteiger partial charge in [0.05, 0.1) is 6.54 Å². The van der Waals surface area contributed by atoms with E-state index in [0.717, 1.165) is 25.6 Å². The number of hydrogen-bond acceptors (Lipinski definition) is 2. The molecule has 0 unspecified atom stereocenters. The van der Waals surface area contributed by atoms with E-state index in [-0.39, 0.29) is 0 Å². The lowest BCUT2D eigenvalue weighted by molar-refractivity contribution is 0.296. The molecule has 0 atom stereocenters. The van der Waals surface area contributed by atoms with Crippen LogP contribution in [0.1, 0.15) is 12.8 Å². The molecule has 1 N–H and O–H groups in total. The summed E-state index contributed by atoms with van der Waals surface area (Å²) >= 11 is 0. The first-order valence-electron chi connectivity index (χ1n) is 4.67. The molecule has 12 heavy (non-hydrogen) atoms. The minimum absolute atomic E-state index is 0.804. The molecule has 0 saturated heterocycles. The number of hydrogen-bond donors (Lipinski definition) is 1. The normalized spacial score (nSPS) is 16.4. The molecule has 1 aliphatic rings. The molecule has 0 radical (unpaired) electrons. The Morgan fingerprint density at radius 1 is 1.58 bits per heavy atom. The molecule has 0 bridgehead atoms. The first kappa shape index (κ1) is 9.57. The fourth-order valence-electron chi connectivity index (χ4n) is 1.30. The molecular weight excluding hydrogens is 148 g/mol.